The Kier molecular flexibility index (Phi) is 6.97. The Balaban J connectivity index is 1.85. The summed E-state index contributed by atoms with van der Waals surface area (Å²) in [5.41, 5.74) is 1.37. The molecule has 3 nitrogen and oxygen atoms in total. The van der Waals surface area contributed by atoms with E-state index in [4.69, 9.17) is 0 Å². The maximum Gasteiger partial charge on any atom is 0.230 e. The van der Waals surface area contributed by atoms with Crippen molar-refractivity contribution in [3.8, 4) is 0 Å². The normalized spacial score (nSPS) is 17.7. The number of nitrogens with zero attached hydrogens (tertiary/aromatic N) is 1. The van der Waals surface area contributed by atoms with Crippen molar-refractivity contribution in [1.29, 1.82) is 0 Å². The summed E-state index contributed by atoms with van der Waals surface area (Å²) in [7, 11) is 4.30. The van der Waals surface area contributed by atoms with Crippen molar-refractivity contribution in [3.63, 3.8) is 0 Å². The quantitative estimate of drug-likeness (QED) is 0.633. The predicted octanol–water partition coefficient (Wildman–Crippen LogP) is 3.86. The number of aryl methyl sites for hydroxylation is 1. The van der Waals surface area contributed by atoms with E-state index < -0.39 is 0 Å². The van der Waals surface area contributed by atoms with Gasteiger partial charge >= 0.3 is 0 Å². The molecule has 4 heteroatoms. The van der Waals surface area contributed by atoms with Gasteiger partial charge in [-0.1, -0.05) is 43.9 Å². The van der Waals surface area contributed by atoms with Crippen LogP contribution in [0.15, 0.2) is 29.2 Å². The summed E-state index contributed by atoms with van der Waals surface area (Å²) in [5, 5.41) is 3.19. The average molecular weight is 335 g/mol. The number of rotatable bonds is 6. The van der Waals surface area contributed by atoms with Crippen LogP contribution in [0.5, 0.6) is 0 Å². The molecule has 0 saturated heterocycles. The molecule has 1 aliphatic rings. The lowest BCUT2D eigenvalue weighted by atomic mass is 9.88. The Bertz CT molecular complexity index is 508. The first kappa shape index (κ1) is 18.3. The zero-order valence-electron chi connectivity index (χ0n) is 14.7. The number of amides is 1. The molecule has 0 spiro atoms. The largest absolute Gasteiger partial charge is 0.354 e. The summed E-state index contributed by atoms with van der Waals surface area (Å²) in [6, 6.07) is 8.23. The van der Waals surface area contributed by atoms with Gasteiger partial charge in [0.05, 0.1) is 5.75 Å². The zero-order chi connectivity index (χ0) is 16.7. The molecule has 1 aromatic rings. The van der Waals surface area contributed by atoms with Crippen molar-refractivity contribution < 1.29 is 4.79 Å². The van der Waals surface area contributed by atoms with Crippen LogP contribution in [-0.4, -0.2) is 42.7 Å². The number of carbonyl (C=O) groups is 1. The molecule has 1 fully saturated rings. The number of hydrogen-bond donors (Lipinski definition) is 1. The van der Waals surface area contributed by atoms with Gasteiger partial charge in [-0.15, -0.1) is 11.8 Å². The number of hydrogen-bond acceptors (Lipinski definition) is 3. The Labute approximate surface area is 145 Å². The fourth-order valence-electron chi connectivity index (χ4n) is 3.34. The Hall–Kier alpha value is -1.00. The lowest BCUT2D eigenvalue weighted by Crippen LogP contribution is -2.52. The van der Waals surface area contributed by atoms with Crippen molar-refractivity contribution in [3.05, 3.63) is 29.8 Å². The zero-order valence-corrected chi connectivity index (χ0v) is 15.5. The van der Waals surface area contributed by atoms with Gasteiger partial charge in [0, 0.05) is 17.0 Å². The van der Waals surface area contributed by atoms with E-state index in [0.29, 0.717) is 5.75 Å². The first-order chi connectivity index (χ1) is 11.0. The van der Waals surface area contributed by atoms with Gasteiger partial charge in [0.1, 0.15) is 0 Å². The molecule has 23 heavy (non-hydrogen) atoms. The van der Waals surface area contributed by atoms with Crippen LogP contribution in [-0.2, 0) is 4.79 Å². The SMILES string of the molecule is Cc1ccccc1SCC(=O)NCC1(N(C)C)CCCCCC1. The van der Waals surface area contributed by atoms with Crippen molar-refractivity contribution in [1.82, 2.24) is 10.2 Å². The third-order valence-corrected chi connectivity index (χ3v) is 6.23. The minimum Gasteiger partial charge on any atom is -0.354 e. The highest BCUT2D eigenvalue weighted by molar-refractivity contribution is 8.00. The van der Waals surface area contributed by atoms with Crippen LogP contribution in [0.4, 0.5) is 0 Å². The molecule has 0 atom stereocenters. The molecule has 128 valence electrons. The van der Waals surface area contributed by atoms with Crippen LogP contribution >= 0.6 is 11.8 Å². The molecular weight excluding hydrogens is 304 g/mol. The van der Waals surface area contributed by atoms with E-state index in [1.54, 1.807) is 11.8 Å². The molecule has 0 heterocycles. The van der Waals surface area contributed by atoms with Gasteiger partial charge in [0.2, 0.25) is 5.91 Å². The highest BCUT2D eigenvalue weighted by Gasteiger charge is 2.33. The monoisotopic (exact) mass is 334 g/mol. The summed E-state index contributed by atoms with van der Waals surface area (Å²) >= 11 is 1.63. The molecule has 1 N–H and O–H groups in total. The molecule has 0 aliphatic heterocycles. The van der Waals surface area contributed by atoms with E-state index in [1.165, 1.54) is 49.0 Å². The summed E-state index contributed by atoms with van der Waals surface area (Å²) in [5.74, 6) is 0.637. The number of benzene rings is 1. The number of carbonyl (C=O) groups excluding carboxylic acids is 1. The molecule has 0 aromatic heterocycles. The van der Waals surface area contributed by atoms with Crippen molar-refractivity contribution in [2.24, 2.45) is 0 Å². The molecule has 2 rings (SSSR count). The van der Waals surface area contributed by atoms with Gasteiger partial charge in [-0.3, -0.25) is 4.79 Å². The maximum atomic E-state index is 12.3. The second-order valence-electron chi connectivity index (χ2n) is 6.86. The molecule has 0 bridgehead atoms. The Morgan fingerprint density at radius 3 is 2.43 bits per heavy atom. The summed E-state index contributed by atoms with van der Waals surface area (Å²) < 4.78 is 0. The van der Waals surface area contributed by atoms with E-state index >= 15 is 0 Å². The molecule has 1 amide bonds. The van der Waals surface area contributed by atoms with E-state index in [-0.39, 0.29) is 11.4 Å². The highest BCUT2D eigenvalue weighted by atomic mass is 32.2. The van der Waals surface area contributed by atoms with Gasteiger partial charge in [-0.05, 0) is 45.5 Å². The van der Waals surface area contributed by atoms with Crippen molar-refractivity contribution in [2.75, 3.05) is 26.4 Å². The first-order valence-electron chi connectivity index (χ1n) is 8.66. The predicted molar refractivity (Wildman–Crippen MR) is 99.0 cm³/mol. The maximum absolute atomic E-state index is 12.3. The van der Waals surface area contributed by atoms with Crippen LogP contribution < -0.4 is 5.32 Å². The molecule has 0 unspecified atom stereocenters. The lowest BCUT2D eigenvalue weighted by molar-refractivity contribution is -0.119. The smallest absolute Gasteiger partial charge is 0.230 e. The third kappa shape index (κ3) is 5.25. The number of thioether (sulfide) groups is 1. The highest BCUT2D eigenvalue weighted by Crippen LogP contribution is 2.30. The van der Waals surface area contributed by atoms with Gasteiger partial charge in [0.25, 0.3) is 0 Å². The minimum absolute atomic E-state index is 0.138. The molecule has 1 saturated carbocycles. The molecule has 0 radical (unpaired) electrons. The van der Waals surface area contributed by atoms with Crippen LogP contribution in [0.1, 0.15) is 44.1 Å². The summed E-state index contributed by atoms with van der Waals surface area (Å²) in [6.07, 6.45) is 7.56. The minimum atomic E-state index is 0.138. The lowest BCUT2D eigenvalue weighted by Gasteiger charge is -2.39. The van der Waals surface area contributed by atoms with Gasteiger partial charge in [-0.25, -0.2) is 0 Å². The third-order valence-electron chi connectivity index (χ3n) is 5.05. The second-order valence-corrected chi connectivity index (χ2v) is 7.88. The summed E-state index contributed by atoms with van der Waals surface area (Å²) in [4.78, 5) is 15.8. The fourth-order valence-corrected chi connectivity index (χ4v) is 4.20. The van der Waals surface area contributed by atoms with Gasteiger partial charge in [0.15, 0.2) is 0 Å². The van der Waals surface area contributed by atoms with Crippen molar-refractivity contribution in [2.45, 2.75) is 55.9 Å². The first-order valence-corrected chi connectivity index (χ1v) is 9.65. The van der Waals surface area contributed by atoms with Crippen LogP contribution in [0, 0.1) is 6.92 Å². The average Bonchev–Trinajstić information content (AvgIpc) is 2.79. The number of likely N-dealkylation sites (N-methyl/N-ethyl adjacent to an activating group) is 1. The van der Waals surface area contributed by atoms with Crippen LogP contribution in [0.2, 0.25) is 0 Å². The van der Waals surface area contributed by atoms with Crippen LogP contribution in [0.25, 0.3) is 0 Å². The Morgan fingerprint density at radius 2 is 1.83 bits per heavy atom. The Morgan fingerprint density at radius 1 is 1.17 bits per heavy atom. The van der Waals surface area contributed by atoms with E-state index in [0.717, 1.165) is 6.54 Å². The number of nitrogens with one attached hydrogen (secondary N) is 1. The second kappa shape index (κ2) is 8.74. The van der Waals surface area contributed by atoms with E-state index in [2.05, 4.69) is 43.4 Å². The fraction of sp³-hybridized carbons (Fsp3) is 0.632. The van der Waals surface area contributed by atoms with Crippen molar-refractivity contribution >= 4 is 17.7 Å². The van der Waals surface area contributed by atoms with Gasteiger partial charge in [-0.2, -0.15) is 0 Å². The van der Waals surface area contributed by atoms with E-state index in [9.17, 15) is 4.79 Å². The molecular formula is C19H30N2OS. The molecule has 1 aliphatic carbocycles. The topological polar surface area (TPSA) is 32.3 Å². The van der Waals surface area contributed by atoms with Crippen LogP contribution in [0.3, 0.4) is 0 Å². The molecule has 1 aromatic carbocycles. The van der Waals surface area contributed by atoms with Gasteiger partial charge < -0.3 is 10.2 Å². The standard InChI is InChI=1S/C19H30N2OS/c1-16-10-6-7-11-17(16)23-14-18(22)20-15-19(21(2)3)12-8-4-5-9-13-19/h6-7,10-11H,4-5,8-9,12-15H2,1-3H3,(H,20,22). The van der Waals surface area contributed by atoms with E-state index in [1.807, 2.05) is 12.1 Å². The summed E-state index contributed by atoms with van der Waals surface area (Å²) in [6.45, 7) is 2.86.